The minimum absolute atomic E-state index is 0.722. The summed E-state index contributed by atoms with van der Waals surface area (Å²) in [6, 6.07) is 1.58. The standard InChI is InChI=1S/C12H25N3.2C2H6/c1-11(2)14-7-9-15(10-8-14)12-3-5-13-6-4-12;2*1-2/h11-13H,3-10H2,1-2H3;2*1-2H3. The number of nitrogens with zero attached hydrogens (tertiary/aromatic N) is 2. The van der Waals surface area contributed by atoms with Gasteiger partial charge < -0.3 is 5.32 Å². The van der Waals surface area contributed by atoms with Crippen LogP contribution in [0.2, 0.25) is 0 Å². The van der Waals surface area contributed by atoms with Crippen molar-refractivity contribution in [2.24, 2.45) is 0 Å². The molecule has 2 fully saturated rings. The molecule has 0 saturated carbocycles. The number of rotatable bonds is 2. The fourth-order valence-electron chi connectivity index (χ4n) is 2.79. The second-order valence-electron chi connectivity index (χ2n) is 5.15. The first kappa shape index (κ1) is 18.9. The average molecular weight is 271 g/mol. The first-order chi connectivity index (χ1) is 9.27. The lowest BCUT2D eigenvalue weighted by molar-refractivity contribution is 0.0669. The third kappa shape index (κ3) is 6.73. The van der Waals surface area contributed by atoms with E-state index in [1.807, 2.05) is 27.7 Å². The Morgan fingerprint density at radius 2 is 1.32 bits per heavy atom. The topological polar surface area (TPSA) is 18.5 Å². The number of hydrogen-bond donors (Lipinski definition) is 1. The highest BCUT2D eigenvalue weighted by Crippen LogP contribution is 2.15. The van der Waals surface area contributed by atoms with Crippen LogP contribution in [0.4, 0.5) is 0 Å². The highest BCUT2D eigenvalue weighted by Gasteiger charge is 2.25. The molecule has 0 amide bonds. The van der Waals surface area contributed by atoms with Gasteiger partial charge in [-0.25, -0.2) is 0 Å². The summed E-state index contributed by atoms with van der Waals surface area (Å²) in [5.74, 6) is 0. The summed E-state index contributed by atoms with van der Waals surface area (Å²) >= 11 is 0. The molecule has 2 aliphatic rings. The third-order valence-corrected chi connectivity index (χ3v) is 3.90. The van der Waals surface area contributed by atoms with Crippen molar-refractivity contribution >= 4 is 0 Å². The van der Waals surface area contributed by atoms with Gasteiger partial charge in [0.2, 0.25) is 0 Å². The molecule has 2 heterocycles. The highest BCUT2D eigenvalue weighted by molar-refractivity contribution is 4.82. The lowest BCUT2D eigenvalue weighted by Gasteiger charge is -2.42. The third-order valence-electron chi connectivity index (χ3n) is 3.90. The molecule has 19 heavy (non-hydrogen) atoms. The van der Waals surface area contributed by atoms with E-state index in [2.05, 4.69) is 29.0 Å². The second kappa shape index (κ2) is 11.7. The summed E-state index contributed by atoms with van der Waals surface area (Å²) in [6.07, 6.45) is 2.70. The summed E-state index contributed by atoms with van der Waals surface area (Å²) in [5, 5.41) is 3.44. The van der Waals surface area contributed by atoms with Crippen LogP contribution >= 0.6 is 0 Å². The molecule has 0 aromatic heterocycles. The quantitative estimate of drug-likeness (QED) is 0.833. The van der Waals surface area contributed by atoms with E-state index in [9.17, 15) is 0 Å². The molecule has 0 spiro atoms. The average Bonchev–Trinajstić information content (AvgIpc) is 2.52. The lowest BCUT2D eigenvalue weighted by Crippen LogP contribution is -2.54. The second-order valence-corrected chi connectivity index (χ2v) is 5.15. The van der Waals surface area contributed by atoms with Gasteiger partial charge in [0.1, 0.15) is 0 Å². The van der Waals surface area contributed by atoms with Gasteiger partial charge in [0.25, 0.3) is 0 Å². The lowest BCUT2D eigenvalue weighted by atomic mass is 10.0. The van der Waals surface area contributed by atoms with Gasteiger partial charge >= 0.3 is 0 Å². The maximum Gasteiger partial charge on any atom is 0.0120 e. The summed E-state index contributed by atoms with van der Waals surface area (Å²) < 4.78 is 0. The van der Waals surface area contributed by atoms with Crippen LogP contribution in [-0.2, 0) is 0 Å². The summed E-state index contributed by atoms with van der Waals surface area (Å²) in [7, 11) is 0. The fourth-order valence-corrected chi connectivity index (χ4v) is 2.79. The Labute approximate surface area is 121 Å². The van der Waals surface area contributed by atoms with Crippen LogP contribution < -0.4 is 5.32 Å². The maximum atomic E-state index is 3.44. The molecular weight excluding hydrogens is 234 g/mol. The van der Waals surface area contributed by atoms with Crippen molar-refractivity contribution in [1.29, 1.82) is 0 Å². The van der Waals surface area contributed by atoms with Crippen LogP contribution in [0.15, 0.2) is 0 Å². The van der Waals surface area contributed by atoms with Crippen LogP contribution in [0.1, 0.15) is 54.4 Å². The smallest absolute Gasteiger partial charge is 0.0120 e. The minimum Gasteiger partial charge on any atom is -0.317 e. The van der Waals surface area contributed by atoms with E-state index in [1.165, 1.54) is 52.1 Å². The molecule has 2 rings (SSSR count). The highest BCUT2D eigenvalue weighted by atomic mass is 15.3. The Bertz CT molecular complexity index is 180. The number of piperidine rings is 1. The number of piperazine rings is 1. The molecule has 2 aliphatic heterocycles. The molecule has 0 bridgehead atoms. The van der Waals surface area contributed by atoms with Gasteiger partial charge in [-0.1, -0.05) is 27.7 Å². The van der Waals surface area contributed by atoms with Gasteiger partial charge in [-0.3, -0.25) is 9.80 Å². The minimum atomic E-state index is 0.722. The molecule has 3 heteroatoms. The Balaban J connectivity index is 0.000000741. The molecule has 0 aromatic rings. The number of nitrogens with one attached hydrogen (secondary N) is 1. The van der Waals surface area contributed by atoms with Gasteiger partial charge in [-0.05, 0) is 39.8 Å². The zero-order chi connectivity index (χ0) is 14.7. The van der Waals surface area contributed by atoms with Crippen molar-refractivity contribution in [2.45, 2.75) is 66.5 Å². The zero-order valence-corrected chi connectivity index (χ0v) is 14.2. The molecule has 3 nitrogen and oxygen atoms in total. The van der Waals surface area contributed by atoms with E-state index in [1.54, 1.807) is 0 Å². The number of hydrogen-bond acceptors (Lipinski definition) is 3. The van der Waals surface area contributed by atoms with E-state index in [-0.39, 0.29) is 0 Å². The molecule has 0 unspecified atom stereocenters. The first-order valence-electron chi connectivity index (χ1n) is 8.46. The van der Waals surface area contributed by atoms with Crippen molar-refractivity contribution < 1.29 is 0 Å². The van der Waals surface area contributed by atoms with E-state index in [0.717, 1.165) is 12.1 Å². The SMILES string of the molecule is CC.CC.CC(C)N1CCN(C2CCNCC2)CC1. The summed E-state index contributed by atoms with van der Waals surface area (Å²) in [5.41, 5.74) is 0. The molecule has 2 saturated heterocycles. The summed E-state index contributed by atoms with van der Waals surface area (Å²) in [4.78, 5) is 5.30. The van der Waals surface area contributed by atoms with E-state index < -0.39 is 0 Å². The van der Waals surface area contributed by atoms with Crippen LogP contribution in [-0.4, -0.2) is 61.2 Å². The predicted octanol–water partition coefficient (Wildman–Crippen LogP) is 2.82. The van der Waals surface area contributed by atoms with E-state index in [0.29, 0.717) is 0 Å². The van der Waals surface area contributed by atoms with Crippen LogP contribution in [0.3, 0.4) is 0 Å². The van der Waals surface area contributed by atoms with Gasteiger partial charge in [0.05, 0.1) is 0 Å². The largest absolute Gasteiger partial charge is 0.317 e. The first-order valence-corrected chi connectivity index (χ1v) is 8.46. The normalized spacial score (nSPS) is 22.3. The summed E-state index contributed by atoms with van der Waals surface area (Å²) in [6.45, 7) is 20.1. The molecule has 1 N–H and O–H groups in total. The van der Waals surface area contributed by atoms with Crippen molar-refractivity contribution in [2.75, 3.05) is 39.3 Å². The van der Waals surface area contributed by atoms with Crippen LogP contribution in [0.5, 0.6) is 0 Å². The molecule has 0 atom stereocenters. The Hall–Kier alpha value is -0.120. The Morgan fingerprint density at radius 1 is 0.842 bits per heavy atom. The monoisotopic (exact) mass is 271 g/mol. The molecule has 116 valence electrons. The maximum absolute atomic E-state index is 3.44. The molecule has 0 radical (unpaired) electrons. The van der Waals surface area contributed by atoms with E-state index >= 15 is 0 Å². The van der Waals surface area contributed by atoms with Gasteiger partial charge in [-0.15, -0.1) is 0 Å². The molecular formula is C16H37N3. The van der Waals surface area contributed by atoms with Crippen LogP contribution in [0, 0.1) is 0 Å². The van der Waals surface area contributed by atoms with Crippen molar-refractivity contribution in [3.05, 3.63) is 0 Å². The Morgan fingerprint density at radius 3 is 1.74 bits per heavy atom. The molecule has 0 aliphatic carbocycles. The van der Waals surface area contributed by atoms with E-state index in [4.69, 9.17) is 0 Å². The van der Waals surface area contributed by atoms with Crippen molar-refractivity contribution in [3.63, 3.8) is 0 Å². The zero-order valence-electron chi connectivity index (χ0n) is 14.2. The van der Waals surface area contributed by atoms with Gasteiger partial charge in [-0.2, -0.15) is 0 Å². The van der Waals surface area contributed by atoms with Crippen LogP contribution in [0.25, 0.3) is 0 Å². The Kier molecular flexibility index (Phi) is 11.6. The van der Waals surface area contributed by atoms with Gasteiger partial charge in [0.15, 0.2) is 0 Å². The van der Waals surface area contributed by atoms with Gasteiger partial charge in [0, 0.05) is 38.3 Å². The molecule has 0 aromatic carbocycles. The fraction of sp³-hybridized carbons (Fsp3) is 1.00. The van der Waals surface area contributed by atoms with Crippen molar-refractivity contribution in [1.82, 2.24) is 15.1 Å². The van der Waals surface area contributed by atoms with Crippen molar-refractivity contribution in [3.8, 4) is 0 Å². The predicted molar refractivity (Wildman–Crippen MR) is 86.9 cm³/mol.